The van der Waals surface area contributed by atoms with E-state index in [1.807, 2.05) is 12.4 Å². The topological polar surface area (TPSA) is 51.5 Å². The fourth-order valence-electron chi connectivity index (χ4n) is 1.75. The fourth-order valence-corrected chi connectivity index (χ4v) is 1.75. The molecule has 6 nitrogen and oxygen atoms in total. The highest BCUT2D eigenvalue weighted by molar-refractivity contribution is 5.25. The van der Waals surface area contributed by atoms with Crippen LogP contribution in [-0.4, -0.2) is 68.6 Å². The van der Waals surface area contributed by atoms with Crippen LogP contribution in [0.4, 0.5) is 5.95 Å². The summed E-state index contributed by atoms with van der Waals surface area (Å²) in [6.45, 7) is 5.26. The van der Waals surface area contributed by atoms with Crippen molar-refractivity contribution in [3.05, 3.63) is 12.4 Å². The second-order valence-electron chi connectivity index (χ2n) is 4.51. The van der Waals surface area contributed by atoms with Gasteiger partial charge in [0.2, 0.25) is 5.95 Å². The number of hydrogen-bond donors (Lipinski definition) is 1. The van der Waals surface area contributed by atoms with E-state index in [1.54, 1.807) is 14.2 Å². The number of nitrogens with one attached hydrogen (secondary N) is 1. The summed E-state index contributed by atoms with van der Waals surface area (Å²) in [7, 11) is 5.54. The highest BCUT2D eigenvalue weighted by Crippen LogP contribution is 2.05. The first-order valence-electron chi connectivity index (χ1n) is 6.69. The summed E-state index contributed by atoms with van der Waals surface area (Å²) >= 11 is 0. The lowest BCUT2D eigenvalue weighted by atomic mass is 10.4. The Kier molecular flexibility index (Phi) is 8.20. The fraction of sp³-hybridized carbons (Fsp3) is 0.769. The van der Waals surface area contributed by atoms with Crippen LogP contribution in [-0.2, 0) is 16.0 Å². The lowest BCUT2D eigenvalue weighted by Crippen LogP contribution is -2.28. The molecule has 110 valence electrons. The van der Waals surface area contributed by atoms with Crippen molar-refractivity contribution < 1.29 is 9.47 Å². The number of rotatable bonds is 11. The zero-order chi connectivity index (χ0) is 13.9. The van der Waals surface area contributed by atoms with Crippen molar-refractivity contribution in [2.45, 2.75) is 13.0 Å². The molecular formula is C13H26N4O2. The smallest absolute Gasteiger partial charge is 0.202 e. The monoisotopic (exact) mass is 270 g/mol. The minimum absolute atomic E-state index is 0.766. The average Bonchev–Trinajstić information content (AvgIpc) is 2.84. The summed E-state index contributed by atoms with van der Waals surface area (Å²) in [5.41, 5.74) is 0. The standard InChI is InChI=1S/C13H26N4O2/c1-16(10-12-19-3)8-5-14-13-15-6-9-17(13)7-4-11-18-2/h6,9H,4-5,7-8,10-12H2,1-3H3,(H,14,15). The maximum atomic E-state index is 5.06. The molecule has 0 atom stereocenters. The molecule has 0 spiro atoms. The maximum Gasteiger partial charge on any atom is 0.202 e. The van der Waals surface area contributed by atoms with Crippen molar-refractivity contribution in [3.8, 4) is 0 Å². The van der Waals surface area contributed by atoms with Gasteiger partial charge in [-0.3, -0.25) is 0 Å². The molecule has 1 N–H and O–H groups in total. The van der Waals surface area contributed by atoms with Crippen molar-refractivity contribution in [2.75, 3.05) is 59.4 Å². The van der Waals surface area contributed by atoms with Gasteiger partial charge in [-0.05, 0) is 13.5 Å². The first-order chi connectivity index (χ1) is 9.27. The molecule has 19 heavy (non-hydrogen) atoms. The Hall–Kier alpha value is -1.11. The van der Waals surface area contributed by atoms with Gasteiger partial charge in [0.15, 0.2) is 0 Å². The second kappa shape index (κ2) is 9.77. The maximum absolute atomic E-state index is 5.06. The predicted octanol–water partition coefficient (Wildman–Crippen LogP) is 0.910. The Morgan fingerprint density at radius 2 is 2.05 bits per heavy atom. The third-order valence-electron chi connectivity index (χ3n) is 2.92. The quantitative estimate of drug-likeness (QED) is 0.606. The van der Waals surface area contributed by atoms with Crippen LogP contribution in [0.15, 0.2) is 12.4 Å². The molecule has 1 heterocycles. The molecule has 0 radical (unpaired) electrons. The van der Waals surface area contributed by atoms with Gasteiger partial charge in [-0.25, -0.2) is 4.98 Å². The molecule has 0 bridgehead atoms. The molecule has 0 aliphatic rings. The lowest BCUT2D eigenvalue weighted by Gasteiger charge is -2.16. The van der Waals surface area contributed by atoms with Crippen molar-refractivity contribution in [1.29, 1.82) is 0 Å². The van der Waals surface area contributed by atoms with Gasteiger partial charge in [-0.15, -0.1) is 0 Å². The molecule has 1 aromatic heterocycles. The highest BCUT2D eigenvalue weighted by atomic mass is 16.5. The number of anilines is 1. The van der Waals surface area contributed by atoms with Gasteiger partial charge < -0.3 is 24.3 Å². The number of nitrogens with zero attached hydrogens (tertiary/aromatic N) is 3. The summed E-state index contributed by atoms with van der Waals surface area (Å²) in [6.07, 6.45) is 4.81. The van der Waals surface area contributed by atoms with Gasteiger partial charge in [0.05, 0.1) is 6.61 Å². The van der Waals surface area contributed by atoms with Crippen LogP contribution in [0, 0.1) is 0 Å². The predicted molar refractivity (Wildman–Crippen MR) is 76.6 cm³/mol. The van der Waals surface area contributed by atoms with E-state index in [9.17, 15) is 0 Å². The van der Waals surface area contributed by atoms with Crippen molar-refractivity contribution >= 4 is 5.95 Å². The summed E-state index contributed by atoms with van der Waals surface area (Å²) in [6, 6.07) is 0. The number of ether oxygens (including phenoxy) is 2. The van der Waals surface area contributed by atoms with Crippen molar-refractivity contribution in [3.63, 3.8) is 0 Å². The summed E-state index contributed by atoms with van der Waals surface area (Å²) in [4.78, 5) is 6.55. The van der Waals surface area contributed by atoms with Gasteiger partial charge in [-0.1, -0.05) is 0 Å². The van der Waals surface area contributed by atoms with Gasteiger partial charge in [0.25, 0.3) is 0 Å². The summed E-state index contributed by atoms with van der Waals surface area (Å²) in [5.74, 6) is 0.927. The normalized spacial score (nSPS) is 11.2. The lowest BCUT2D eigenvalue weighted by molar-refractivity contribution is 0.163. The largest absolute Gasteiger partial charge is 0.385 e. The van der Waals surface area contributed by atoms with Crippen LogP contribution < -0.4 is 5.32 Å². The summed E-state index contributed by atoms with van der Waals surface area (Å²) in [5, 5.41) is 3.36. The van der Waals surface area contributed by atoms with Gasteiger partial charge >= 0.3 is 0 Å². The van der Waals surface area contributed by atoms with Crippen LogP contribution in [0.25, 0.3) is 0 Å². The van der Waals surface area contributed by atoms with E-state index in [2.05, 4.69) is 26.8 Å². The molecule has 0 fully saturated rings. The minimum atomic E-state index is 0.766. The number of imidazole rings is 1. The number of aryl methyl sites for hydroxylation is 1. The molecule has 0 aliphatic heterocycles. The first kappa shape index (κ1) is 15.9. The van der Waals surface area contributed by atoms with E-state index in [-0.39, 0.29) is 0 Å². The van der Waals surface area contributed by atoms with Crippen LogP contribution >= 0.6 is 0 Å². The number of aromatic nitrogens is 2. The Morgan fingerprint density at radius 1 is 1.26 bits per heavy atom. The SMILES string of the molecule is COCCCn1ccnc1NCCN(C)CCOC. The Balaban J connectivity index is 2.23. The zero-order valence-corrected chi connectivity index (χ0v) is 12.3. The minimum Gasteiger partial charge on any atom is -0.385 e. The third kappa shape index (κ3) is 6.56. The molecule has 0 aliphatic carbocycles. The van der Waals surface area contributed by atoms with E-state index in [4.69, 9.17) is 9.47 Å². The van der Waals surface area contributed by atoms with Crippen molar-refractivity contribution in [2.24, 2.45) is 0 Å². The molecule has 0 unspecified atom stereocenters. The van der Waals surface area contributed by atoms with Crippen LogP contribution in [0.5, 0.6) is 0 Å². The number of likely N-dealkylation sites (N-methyl/N-ethyl adjacent to an activating group) is 1. The van der Waals surface area contributed by atoms with E-state index >= 15 is 0 Å². The molecule has 0 amide bonds. The second-order valence-corrected chi connectivity index (χ2v) is 4.51. The molecule has 0 aromatic carbocycles. The molecular weight excluding hydrogens is 244 g/mol. The van der Waals surface area contributed by atoms with Gasteiger partial charge in [-0.2, -0.15) is 0 Å². The first-order valence-corrected chi connectivity index (χ1v) is 6.69. The Labute approximate surface area is 115 Å². The third-order valence-corrected chi connectivity index (χ3v) is 2.92. The summed E-state index contributed by atoms with van der Waals surface area (Å²) < 4.78 is 12.2. The molecule has 1 rings (SSSR count). The van der Waals surface area contributed by atoms with Gasteiger partial charge in [0, 0.05) is 59.4 Å². The van der Waals surface area contributed by atoms with Gasteiger partial charge in [0.1, 0.15) is 0 Å². The molecule has 6 heteroatoms. The molecule has 0 saturated heterocycles. The van der Waals surface area contributed by atoms with E-state index in [0.29, 0.717) is 0 Å². The molecule has 1 aromatic rings. The molecule has 0 saturated carbocycles. The number of methoxy groups -OCH3 is 2. The highest BCUT2D eigenvalue weighted by Gasteiger charge is 2.02. The average molecular weight is 270 g/mol. The van der Waals surface area contributed by atoms with Crippen molar-refractivity contribution in [1.82, 2.24) is 14.5 Å². The Morgan fingerprint density at radius 3 is 2.79 bits per heavy atom. The van der Waals surface area contributed by atoms with E-state index in [1.165, 1.54) is 0 Å². The zero-order valence-electron chi connectivity index (χ0n) is 12.3. The van der Waals surface area contributed by atoms with Crippen LogP contribution in [0.1, 0.15) is 6.42 Å². The van der Waals surface area contributed by atoms with Crippen LogP contribution in [0.3, 0.4) is 0 Å². The Bertz CT molecular complexity index is 330. The van der Waals surface area contributed by atoms with E-state index < -0.39 is 0 Å². The van der Waals surface area contributed by atoms with Crippen LogP contribution in [0.2, 0.25) is 0 Å². The number of hydrogen-bond acceptors (Lipinski definition) is 5. The van der Waals surface area contributed by atoms with E-state index in [0.717, 1.165) is 51.8 Å².